The molecule has 4 nitrogen and oxygen atoms in total. The van der Waals surface area contributed by atoms with Gasteiger partial charge in [0, 0.05) is 0 Å². The molecule has 0 aliphatic carbocycles. The standard InChI is InChI=1S/C4H8O2.H2O2/c1-3(2)4(5)6;1-2/h3H,1-2H3,(H,5,6);1-2H. The Kier molecular flexibility index (Phi) is 8.30. The summed E-state index contributed by atoms with van der Waals surface area (Å²) in [5.41, 5.74) is 0. The van der Waals surface area contributed by atoms with E-state index in [1.165, 1.54) is 0 Å². The lowest BCUT2D eigenvalue weighted by Crippen LogP contribution is -2.03. The first kappa shape index (κ1) is 10.4. The molecule has 8 heavy (non-hydrogen) atoms. The first-order valence-corrected chi connectivity index (χ1v) is 2.07. The Labute approximate surface area is 47.3 Å². The van der Waals surface area contributed by atoms with Gasteiger partial charge in [0.25, 0.3) is 0 Å². The highest BCUT2D eigenvalue weighted by molar-refractivity contribution is 5.68. The molecule has 4 heteroatoms. The average molecular weight is 122 g/mol. The molecule has 0 spiro atoms. The summed E-state index contributed by atoms with van der Waals surface area (Å²) < 4.78 is 0. The van der Waals surface area contributed by atoms with Crippen molar-refractivity contribution in [1.82, 2.24) is 0 Å². The Bertz CT molecular complexity index is 59.1. The summed E-state index contributed by atoms with van der Waals surface area (Å²) >= 11 is 0. The molecule has 0 amide bonds. The SMILES string of the molecule is CC(C)C(=O)O.OO. The second kappa shape index (κ2) is 6.39. The Morgan fingerprint density at radius 3 is 1.50 bits per heavy atom. The van der Waals surface area contributed by atoms with Gasteiger partial charge in [0.05, 0.1) is 5.92 Å². The van der Waals surface area contributed by atoms with Crippen molar-refractivity contribution in [3.8, 4) is 0 Å². The molecule has 0 radical (unpaired) electrons. The van der Waals surface area contributed by atoms with Crippen molar-refractivity contribution in [3.05, 3.63) is 0 Å². The molecule has 50 valence electrons. The molecule has 0 bridgehead atoms. The summed E-state index contributed by atoms with van der Waals surface area (Å²) in [6.07, 6.45) is 0. The van der Waals surface area contributed by atoms with Gasteiger partial charge in [0.15, 0.2) is 0 Å². The average Bonchev–Trinajstić information content (AvgIpc) is 1.72. The van der Waals surface area contributed by atoms with E-state index in [0.717, 1.165) is 0 Å². The van der Waals surface area contributed by atoms with Gasteiger partial charge in [-0.2, -0.15) is 0 Å². The minimum Gasteiger partial charge on any atom is -0.481 e. The highest BCUT2D eigenvalue weighted by Gasteiger charge is 1.99. The molecule has 0 aromatic heterocycles. The number of carboxylic acids is 1. The van der Waals surface area contributed by atoms with Crippen molar-refractivity contribution < 1.29 is 20.4 Å². The van der Waals surface area contributed by atoms with Gasteiger partial charge in [0.2, 0.25) is 0 Å². The summed E-state index contributed by atoms with van der Waals surface area (Å²) in [7, 11) is 0. The molecule has 0 saturated heterocycles. The van der Waals surface area contributed by atoms with Crippen molar-refractivity contribution >= 4 is 5.97 Å². The minimum absolute atomic E-state index is 0.231. The molecular weight excluding hydrogens is 112 g/mol. The van der Waals surface area contributed by atoms with Gasteiger partial charge in [0.1, 0.15) is 0 Å². The number of aliphatic carboxylic acids is 1. The lowest BCUT2D eigenvalue weighted by molar-refractivity contribution is -0.176. The molecule has 0 aliphatic rings. The molecular formula is C4H10O4. The van der Waals surface area contributed by atoms with Crippen LogP contribution < -0.4 is 0 Å². The molecule has 0 aliphatic heterocycles. The van der Waals surface area contributed by atoms with E-state index in [4.69, 9.17) is 15.6 Å². The lowest BCUT2D eigenvalue weighted by Gasteiger charge is -1.89. The summed E-state index contributed by atoms with van der Waals surface area (Å²) in [5, 5.41) is 20.0. The fourth-order valence-corrected chi connectivity index (χ4v) is 0. The third-order valence-corrected chi connectivity index (χ3v) is 0.494. The third-order valence-electron chi connectivity index (χ3n) is 0.494. The van der Waals surface area contributed by atoms with Gasteiger partial charge < -0.3 is 5.11 Å². The van der Waals surface area contributed by atoms with E-state index in [1.807, 2.05) is 0 Å². The Morgan fingerprint density at radius 2 is 1.50 bits per heavy atom. The van der Waals surface area contributed by atoms with Crippen LogP contribution in [0.2, 0.25) is 0 Å². The molecule has 0 aromatic rings. The monoisotopic (exact) mass is 122 g/mol. The number of hydrogen-bond acceptors (Lipinski definition) is 3. The van der Waals surface area contributed by atoms with E-state index in [1.54, 1.807) is 13.8 Å². The van der Waals surface area contributed by atoms with Gasteiger partial charge in [-0.3, -0.25) is 15.3 Å². The van der Waals surface area contributed by atoms with Crippen LogP contribution in [-0.2, 0) is 4.79 Å². The normalized spacial score (nSPS) is 7.62. The first-order chi connectivity index (χ1) is 3.64. The van der Waals surface area contributed by atoms with Crippen LogP contribution in [0.4, 0.5) is 0 Å². The van der Waals surface area contributed by atoms with Crippen LogP contribution in [0.15, 0.2) is 0 Å². The zero-order chi connectivity index (χ0) is 7.15. The van der Waals surface area contributed by atoms with Crippen LogP contribution in [0.5, 0.6) is 0 Å². The molecule has 0 heterocycles. The highest BCUT2D eigenvalue weighted by atomic mass is 17.0. The molecule has 0 aromatic carbocycles. The second-order valence-corrected chi connectivity index (χ2v) is 1.49. The molecule has 3 N–H and O–H groups in total. The smallest absolute Gasteiger partial charge is 0.305 e. The van der Waals surface area contributed by atoms with E-state index >= 15 is 0 Å². The van der Waals surface area contributed by atoms with E-state index in [0.29, 0.717) is 0 Å². The summed E-state index contributed by atoms with van der Waals surface area (Å²) in [6, 6.07) is 0. The fourth-order valence-electron chi connectivity index (χ4n) is 0. The van der Waals surface area contributed by atoms with Crippen molar-refractivity contribution in [2.24, 2.45) is 5.92 Å². The quantitative estimate of drug-likeness (QED) is 0.354. The Hall–Kier alpha value is -0.610. The summed E-state index contributed by atoms with van der Waals surface area (Å²) in [6.45, 7) is 3.28. The van der Waals surface area contributed by atoms with Crippen LogP contribution in [0, 0.1) is 5.92 Å². The predicted molar refractivity (Wildman–Crippen MR) is 27.7 cm³/mol. The number of carboxylic acid groups (broad SMARTS) is 1. The predicted octanol–water partition coefficient (Wildman–Crippen LogP) is 0.744. The maximum atomic E-state index is 9.70. The van der Waals surface area contributed by atoms with Gasteiger partial charge in [-0.15, -0.1) is 0 Å². The van der Waals surface area contributed by atoms with E-state index in [-0.39, 0.29) is 5.92 Å². The van der Waals surface area contributed by atoms with Gasteiger partial charge >= 0.3 is 5.97 Å². The van der Waals surface area contributed by atoms with E-state index in [9.17, 15) is 4.79 Å². The zero-order valence-electron chi connectivity index (χ0n) is 4.83. The van der Waals surface area contributed by atoms with Gasteiger partial charge in [-0.05, 0) is 0 Å². The van der Waals surface area contributed by atoms with Crippen molar-refractivity contribution in [3.63, 3.8) is 0 Å². The topological polar surface area (TPSA) is 77.8 Å². The van der Waals surface area contributed by atoms with Crippen molar-refractivity contribution in [2.75, 3.05) is 0 Å². The molecule has 0 unspecified atom stereocenters. The van der Waals surface area contributed by atoms with E-state index in [2.05, 4.69) is 0 Å². The van der Waals surface area contributed by atoms with Gasteiger partial charge in [-0.25, -0.2) is 0 Å². The molecule has 0 saturated carbocycles. The van der Waals surface area contributed by atoms with Crippen LogP contribution in [-0.4, -0.2) is 21.6 Å². The number of rotatable bonds is 1. The minimum atomic E-state index is -0.741. The number of hydrogen-bond donors (Lipinski definition) is 3. The fraction of sp³-hybridized carbons (Fsp3) is 0.750. The Morgan fingerprint density at radius 1 is 1.38 bits per heavy atom. The maximum Gasteiger partial charge on any atom is 0.305 e. The van der Waals surface area contributed by atoms with Crippen LogP contribution in [0.3, 0.4) is 0 Å². The van der Waals surface area contributed by atoms with Gasteiger partial charge in [-0.1, -0.05) is 13.8 Å². The Balaban J connectivity index is 0. The van der Waals surface area contributed by atoms with Crippen LogP contribution in [0.1, 0.15) is 13.8 Å². The summed E-state index contributed by atoms with van der Waals surface area (Å²) in [5.74, 6) is -0.972. The maximum absolute atomic E-state index is 9.70. The molecule has 0 fully saturated rings. The molecule has 0 rings (SSSR count). The zero-order valence-corrected chi connectivity index (χ0v) is 4.83. The summed E-state index contributed by atoms with van der Waals surface area (Å²) in [4.78, 5) is 9.70. The van der Waals surface area contributed by atoms with E-state index < -0.39 is 5.97 Å². The van der Waals surface area contributed by atoms with Crippen LogP contribution in [0.25, 0.3) is 0 Å². The lowest BCUT2D eigenvalue weighted by atomic mass is 10.2. The third kappa shape index (κ3) is 9.04. The van der Waals surface area contributed by atoms with Crippen molar-refractivity contribution in [1.29, 1.82) is 0 Å². The highest BCUT2D eigenvalue weighted by Crippen LogP contribution is 1.87. The second-order valence-electron chi connectivity index (χ2n) is 1.49. The van der Waals surface area contributed by atoms with Crippen LogP contribution >= 0.6 is 0 Å². The molecule has 0 atom stereocenters. The largest absolute Gasteiger partial charge is 0.481 e. The van der Waals surface area contributed by atoms with Crippen molar-refractivity contribution in [2.45, 2.75) is 13.8 Å². The first-order valence-electron chi connectivity index (χ1n) is 2.07. The number of carbonyl (C=O) groups is 1.